The molecule has 2 aliphatic rings. The standard InChI is InChI=1S/C48H62N8O2/c1-5-53(6-2)43(37-17-11-9-12-18-37)47(57)55-31-15-21-41(55)45-49-33-39(51-45)29-27-35-23-25-36(26-24-35)28-30-40-34-50-46(52-40)42-22-16-32-56(42)48(58)44(54(7-3)8-4)38-19-13-10-14-20-38/h9-14,17-20,23-26,33-34,41-44H,5-8,15-16,21-22,27-32H2,1-4H3,(H,49,51)(H,50,52)/t41-,42-,43+,44+/m0/s1. The van der Waals surface area contributed by atoms with Crippen LogP contribution in [0.2, 0.25) is 0 Å². The van der Waals surface area contributed by atoms with Gasteiger partial charge in [0.25, 0.3) is 0 Å². The summed E-state index contributed by atoms with van der Waals surface area (Å²) in [6, 6.07) is 28.7. The van der Waals surface area contributed by atoms with E-state index in [1.165, 1.54) is 11.1 Å². The van der Waals surface area contributed by atoms with Crippen LogP contribution in [-0.4, -0.2) is 90.6 Å². The molecule has 4 heterocycles. The molecule has 0 unspecified atom stereocenters. The van der Waals surface area contributed by atoms with Crippen LogP contribution in [0.25, 0.3) is 0 Å². The number of imidazole rings is 2. The first-order valence-electron chi connectivity index (χ1n) is 21.8. The van der Waals surface area contributed by atoms with Crippen LogP contribution in [0, 0.1) is 0 Å². The summed E-state index contributed by atoms with van der Waals surface area (Å²) < 4.78 is 0. The fourth-order valence-electron chi connectivity index (χ4n) is 9.19. The molecule has 2 fully saturated rings. The summed E-state index contributed by atoms with van der Waals surface area (Å²) in [5.41, 5.74) is 6.87. The van der Waals surface area contributed by atoms with Crippen molar-refractivity contribution in [1.82, 2.24) is 39.5 Å². The van der Waals surface area contributed by atoms with Gasteiger partial charge in [-0.2, -0.15) is 0 Å². The van der Waals surface area contributed by atoms with Crippen molar-refractivity contribution in [3.05, 3.63) is 143 Å². The number of aromatic nitrogens is 4. The topological polar surface area (TPSA) is 104 Å². The molecule has 5 aromatic rings. The van der Waals surface area contributed by atoms with Crippen LogP contribution in [0.5, 0.6) is 0 Å². The fourth-order valence-corrected chi connectivity index (χ4v) is 9.19. The second-order valence-corrected chi connectivity index (χ2v) is 15.9. The van der Waals surface area contributed by atoms with Crippen molar-refractivity contribution >= 4 is 11.8 Å². The molecule has 58 heavy (non-hydrogen) atoms. The van der Waals surface area contributed by atoms with Crippen molar-refractivity contribution in [3.8, 4) is 0 Å². The van der Waals surface area contributed by atoms with E-state index in [-0.39, 0.29) is 36.0 Å². The van der Waals surface area contributed by atoms with Crippen LogP contribution < -0.4 is 0 Å². The average molecular weight is 783 g/mol. The van der Waals surface area contributed by atoms with Crippen LogP contribution in [0.3, 0.4) is 0 Å². The SMILES string of the molecule is CCN(CC)[C@@H](C(=O)N1CCC[C@H]1c1ncc(CCc2ccc(CCc3cnc([C@@H]4CCCN4C(=O)[C@@H](c4ccccc4)N(CC)CC)[nH]3)cc2)[nH]1)c1ccccc1. The molecule has 2 amide bonds. The van der Waals surface area contributed by atoms with Crippen molar-refractivity contribution < 1.29 is 9.59 Å². The zero-order chi connectivity index (χ0) is 40.4. The van der Waals surface area contributed by atoms with Gasteiger partial charge in [0.05, 0.1) is 12.1 Å². The third-order valence-electron chi connectivity index (χ3n) is 12.4. The lowest BCUT2D eigenvalue weighted by atomic mass is 10.0. The van der Waals surface area contributed by atoms with Gasteiger partial charge in [-0.1, -0.05) is 113 Å². The van der Waals surface area contributed by atoms with Crippen LogP contribution >= 0.6 is 0 Å². The monoisotopic (exact) mass is 782 g/mol. The number of nitrogens with one attached hydrogen (secondary N) is 2. The van der Waals surface area contributed by atoms with Gasteiger partial charge >= 0.3 is 0 Å². The first-order valence-corrected chi connectivity index (χ1v) is 21.8. The molecule has 2 aliphatic heterocycles. The van der Waals surface area contributed by atoms with Gasteiger partial charge in [-0.3, -0.25) is 19.4 Å². The third-order valence-corrected chi connectivity index (χ3v) is 12.4. The third kappa shape index (κ3) is 9.29. The Morgan fingerprint density at radius 2 is 0.966 bits per heavy atom. The summed E-state index contributed by atoms with van der Waals surface area (Å²) >= 11 is 0. The number of nitrogens with zero attached hydrogens (tertiary/aromatic N) is 6. The molecule has 2 aromatic heterocycles. The Kier molecular flexibility index (Phi) is 13.9. The maximum atomic E-state index is 14.2. The number of H-pyrrole nitrogens is 2. The van der Waals surface area contributed by atoms with Crippen molar-refractivity contribution in [2.45, 2.75) is 103 Å². The van der Waals surface area contributed by atoms with Crippen LogP contribution in [0.15, 0.2) is 97.3 Å². The second kappa shape index (κ2) is 19.6. The Bertz CT molecular complexity index is 1890. The number of likely N-dealkylation sites (tertiary alicyclic amines) is 2. The maximum absolute atomic E-state index is 14.2. The molecule has 10 heteroatoms. The summed E-state index contributed by atoms with van der Waals surface area (Å²) in [6.45, 7) is 13.3. The molecule has 0 aliphatic carbocycles. The van der Waals surface area contributed by atoms with E-state index in [0.29, 0.717) is 0 Å². The maximum Gasteiger partial charge on any atom is 0.245 e. The van der Waals surface area contributed by atoms with E-state index in [9.17, 15) is 9.59 Å². The van der Waals surface area contributed by atoms with Crippen molar-refractivity contribution in [2.75, 3.05) is 39.3 Å². The van der Waals surface area contributed by atoms with E-state index >= 15 is 0 Å². The van der Waals surface area contributed by atoms with Crippen molar-refractivity contribution in [3.63, 3.8) is 0 Å². The molecule has 306 valence electrons. The molecular weight excluding hydrogens is 721 g/mol. The molecule has 2 N–H and O–H groups in total. The van der Waals surface area contributed by atoms with E-state index in [4.69, 9.17) is 9.97 Å². The van der Waals surface area contributed by atoms with Crippen LogP contribution in [0.1, 0.15) is 123 Å². The van der Waals surface area contributed by atoms with Crippen molar-refractivity contribution in [2.24, 2.45) is 0 Å². The normalized spacial score (nSPS) is 18.0. The predicted molar refractivity (Wildman–Crippen MR) is 230 cm³/mol. The first kappa shape index (κ1) is 41.1. The number of carbonyl (C=O) groups excluding carboxylic acids is 2. The number of rotatable bonds is 18. The Hall–Kier alpha value is -5.06. The lowest BCUT2D eigenvalue weighted by molar-refractivity contribution is -0.139. The number of aryl methyl sites for hydroxylation is 4. The highest BCUT2D eigenvalue weighted by atomic mass is 16.2. The fraction of sp³-hybridized carbons (Fsp3) is 0.458. The van der Waals surface area contributed by atoms with E-state index in [2.05, 4.69) is 106 Å². The Morgan fingerprint density at radius 3 is 1.33 bits per heavy atom. The van der Waals surface area contributed by atoms with E-state index in [0.717, 1.165) is 125 Å². The predicted octanol–water partition coefficient (Wildman–Crippen LogP) is 8.20. The molecule has 0 bridgehead atoms. The summed E-state index contributed by atoms with van der Waals surface area (Å²) in [4.78, 5) is 53.8. The van der Waals surface area contributed by atoms with E-state index < -0.39 is 0 Å². The minimum Gasteiger partial charge on any atom is -0.344 e. The summed E-state index contributed by atoms with van der Waals surface area (Å²) in [5, 5.41) is 0. The lowest BCUT2D eigenvalue weighted by Gasteiger charge is -2.34. The van der Waals surface area contributed by atoms with Gasteiger partial charge in [0.2, 0.25) is 11.8 Å². The minimum absolute atomic E-state index is 0.0302. The van der Waals surface area contributed by atoms with E-state index in [1.807, 2.05) is 48.8 Å². The number of carbonyl (C=O) groups is 2. The number of benzene rings is 3. The highest BCUT2D eigenvalue weighted by molar-refractivity contribution is 5.84. The number of amides is 2. The number of hydrogen-bond acceptors (Lipinski definition) is 6. The number of hydrogen-bond donors (Lipinski definition) is 2. The number of aromatic amines is 2. The zero-order valence-corrected chi connectivity index (χ0v) is 34.9. The highest BCUT2D eigenvalue weighted by Crippen LogP contribution is 2.36. The Balaban J connectivity index is 0.922. The quantitative estimate of drug-likeness (QED) is 0.0930. The number of likely N-dealkylation sites (N-methyl/N-ethyl adjacent to an activating group) is 2. The molecule has 7 rings (SSSR count). The van der Waals surface area contributed by atoms with Gasteiger partial charge in [0, 0.05) is 36.9 Å². The zero-order valence-electron chi connectivity index (χ0n) is 34.9. The summed E-state index contributed by atoms with van der Waals surface area (Å²) in [7, 11) is 0. The second-order valence-electron chi connectivity index (χ2n) is 15.9. The van der Waals surface area contributed by atoms with Gasteiger partial charge in [0.1, 0.15) is 23.7 Å². The van der Waals surface area contributed by atoms with Gasteiger partial charge in [-0.05, 0) is 99.8 Å². The Labute approximate surface area is 345 Å². The van der Waals surface area contributed by atoms with Gasteiger partial charge in [-0.15, -0.1) is 0 Å². The largest absolute Gasteiger partial charge is 0.344 e. The minimum atomic E-state index is -0.289. The van der Waals surface area contributed by atoms with Gasteiger partial charge < -0.3 is 19.8 Å². The molecular formula is C48H62N8O2. The molecule has 0 radical (unpaired) electrons. The molecule has 2 saturated heterocycles. The Morgan fingerprint density at radius 1 is 0.586 bits per heavy atom. The van der Waals surface area contributed by atoms with Crippen molar-refractivity contribution in [1.29, 1.82) is 0 Å². The average Bonchev–Trinajstić information content (AvgIpc) is 4.11. The lowest BCUT2D eigenvalue weighted by Crippen LogP contribution is -2.43. The molecule has 4 atom stereocenters. The first-order chi connectivity index (χ1) is 28.4. The molecule has 0 saturated carbocycles. The molecule has 3 aromatic carbocycles. The summed E-state index contributed by atoms with van der Waals surface area (Å²) in [6.07, 6.45) is 11.2. The smallest absolute Gasteiger partial charge is 0.245 e. The summed E-state index contributed by atoms with van der Waals surface area (Å²) in [5.74, 6) is 2.12. The molecule has 0 spiro atoms. The molecule has 10 nitrogen and oxygen atoms in total. The van der Waals surface area contributed by atoms with Gasteiger partial charge in [-0.25, -0.2) is 9.97 Å². The van der Waals surface area contributed by atoms with Crippen LogP contribution in [-0.2, 0) is 35.3 Å². The van der Waals surface area contributed by atoms with Gasteiger partial charge in [0.15, 0.2) is 0 Å². The van der Waals surface area contributed by atoms with E-state index in [1.54, 1.807) is 0 Å². The highest BCUT2D eigenvalue weighted by Gasteiger charge is 2.39. The van der Waals surface area contributed by atoms with Crippen LogP contribution in [0.4, 0.5) is 0 Å².